The second-order valence-corrected chi connectivity index (χ2v) is 5.91. The first kappa shape index (κ1) is 13.7. The van der Waals surface area contributed by atoms with Crippen LogP contribution in [0.25, 0.3) is 0 Å². The normalized spacial score (nSPS) is 15.8. The number of methoxy groups -OCH3 is 1. The highest BCUT2D eigenvalue weighted by atomic mass is 79.9. The van der Waals surface area contributed by atoms with Gasteiger partial charge in [-0.2, -0.15) is 0 Å². The van der Waals surface area contributed by atoms with Crippen molar-refractivity contribution < 1.29 is 4.74 Å². The zero-order valence-electron chi connectivity index (χ0n) is 11.4. The molecule has 2 rings (SSSR count). The van der Waals surface area contributed by atoms with Gasteiger partial charge in [-0.05, 0) is 49.5 Å². The summed E-state index contributed by atoms with van der Waals surface area (Å²) in [5.41, 5.74) is 0.648. The van der Waals surface area contributed by atoms with Crippen molar-refractivity contribution in [3.63, 3.8) is 0 Å². The Balaban J connectivity index is 2.47. The number of hydrogen-bond donors (Lipinski definition) is 1. The van der Waals surface area contributed by atoms with E-state index in [1.807, 2.05) is 13.8 Å². The Hall–Kier alpha value is -0.680. The minimum absolute atomic E-state index is 0.464. The molecule has 0 atom stereocenters. The summed E-state index contributed by atoms with van der Waals surface area (Å²) in [5.74, 6) is 2.19. The Kier molecular flexibility index (Phi) is 3.92. The average molecular weight is 314 g/mol. The van der Waals surface area contributed by atoms with Gasteiger partial charge in [-0.15, -0.1) is 0 Å². The summed E-state index contributed by atoms with van der Waals surface area (Å²) in [6.45, 7) is 6.88. The van der Waals surface area contributed by atoms with E-state index in [1.54, 1.807) is 7.11 Å². The van der Waals surface area contributed by atoms with Crippen molar-refractivity contribution in [1.82, 2.24) is 9.97 Å². The number of rotatable bonds is 5. The Morgan fingerprint density at radius 3 is 2.56 bits per heavy atom. The lowest BCUT2D eigenvalue weighted by Crippen LogP contribution is -2.24. The minimum Gasteiger partial charge on any atom is -0.371 e. The zero-order valence-corrected chi connectivity index (χ0v) is 13.0. The van der Waals surface area contributed by atoms with Crippen molar-refractivity contribution in [2.75, 3.05) is 19.0 Å². The fraction of sp³-hybridized carbons (Fsp3) is 0.692. The molecule has 18 heavy (non-hydrogen) atoms. The molecule has 4 nitrogen and oxygen atoms in total. The van der Waals surface area contributed by atoms with E-state index >= 15 is 0 Å². The smallest absolute Gasteiger partial charge is 0.162 e. The Bertz CT molecular complexity index is 444. The van der Waals surface area contributed by atoms with Gasteiger partial charge in [0.05, 0.1) is 10.2 Å². The number of hydrogen-bond acceptors (Lipinski definition) is 4. The molecular formula is C13H20BrN3O. The van der Waals surface area contributed by atoms with Gasteiger partial charge in [-0.1, -0.05) is 0 Å². The summed E-state index contributed by atoms with van der Waals surface area (Å²) in [5, 5.41) is 3.28. The lowest BCUT2D eigenvalue weighted by Gasteiger charge is -2.23. The van der Waals surface area contributed by atoms with E-state index in [-0.39, 0.29) is 0 Å². The van der Waals surface area contributed by atoms with Gasteiger partial charge in [0.15, 0.2) is 5.82 Å². The maximum absolute atomic E-state index is 5.48. The number of halogens is 1. The number of aromatic nitrogens is 2. The van der Waals surface area contributed by atoms with Crippen LogP contribution in [0.15, 0.2) is 4.47 Å². The summed E-state index contributed by atoms with van der Waals surface area (Å²) < 4.78 is 6.49. The Morgan fingerprint density at radius 1 is 1.39 bits per heavy atom. The number of anilines is 1. The molecule has 1 heterocycles. The Labute approximate surface area is 117 Å². The molecular weight excluding hydrogens is 294 g/mol. The highest BCUT2D eigenvalue weighted by Gasteiger charge is 2.32. The van der Waals surface area contributed by atoms with Crippen molar-refractivity contribution >= 4 is 21.7 Å². The quantitative estimate of drug-likeness (QED) is 0.904. The molecule has 100 valence electrons. The first-order chi connectivity index (χ1) is 8.49. The summed E-state index contributed by atoms with van der Waals surface area (Å²) in [4.78, 5) is 9.28. The fourth-order valence-corrected chi connectivity index (χ4v) is 2.38. The molecule has 1 aromatic rings. The van der Waals surface area contributed by atoms with Crippen LogP contribution < -0.4 is 5.32 Å². The van der Waals surface area contributed by atoms with Crippen LogP contribution in [0.4, 0.5) is 5.82 Å². The van der Waals surface area contributed by atoms with Crippen molar-refractivity contribution in [2.45, 2.75) is 45.1 Å². The third-order valence-electron chi connectivity index (χ3n) is 3.23. The lowest BCUT2D eigenvalue weighted by molar-refractivity contribution is 0.0114. The number of nitrogens with zero attached hydrogens (tertiary/aromatic N) is 2. The highest BCUT2D eigenvalue weighted by Crippen LogP contribution is 2.44. The van der Waals surface area contributed by atoms with Gasteiger partial charge in [-0.25, -0.2) is 9.97 Å². The van der Waals surface area contributed by atoms with Gasteiger partial charge in [-0.3, -0.25) is 0 Å². The third kappa shape index (κ3) is 2.67. The summed E-state index contributed by atoms with van der Waals surface area (Å²) in [6.07, 6.45) is 2.43. The molecule has 1 aliphatic rings. The maximum atomic E-state index is 5.48. The van der Waals surface area contributed by atoms with Gasteiger partial charge in [0.2, 0.25) is 0 Å². The molecule has 0 aliphatic heterocycles. The lowest BCUT2D eigenvalue weighted by atomic mass is 10.1. The molecule has 0 spiro atoms. The molecule has 0 amide bonds. The maximum Gasteiger partial charge on any atom is 0.162 e. The van der Waals surface area contributed by atoms with Crippen LogP contribution in [0, 0.1) is 0 Å². The van der Waals surface area contributed by atoms with E-state index < -0.39 is 5.60 Å². The summed E-state index contributed by atoms with van der Waals surface area (Å²) >= 11 is 3.62. The molecule has 1 fully saturated rings. The SMILES string of the molecule is CCNc1nc(C(C)(C)OC)nc(C2CC2)c1Br. The van der Waals surface area contributed by atoms with E-state index in [1.165, 1.54) is 12.8 Å². The largest absolute Gasteiger partial charge is 0.371 e. The molecule has 1 saturated carbocycles. The van der Waals surface area contributed by atoms with Crippen molar-refractivity contribution in [3.05, 3.63) is 16.0 Å². The first-order valence-corrected chi connectivity index (χ1v) is 7.15. The number of ether oxygens (including phenoxy) is 1. The third-order valence-corrected chi connectivity index (χ3v) is 4.02. The van der Waals surface area contributed by atoms with E-state index in [9.17, 15) is 0 Å². The van der Waals surface area contributed by atoms with E-state index in [0.29, 0.717) is 5.92 Å². The molecule has 0 radical (unpaired) electrons. The molecule has 0 saturated heterocycles. The Morgan fingerprint density at radius 2 is 2.06 bits per heavy atom. The summed E-state index contributed by atoms with van der Waals surface area (Å²) in [7, 11) is 1.69. The van der Waals surface area contributed by atoms with Crippen LogP contribution in [-0.4, -0.2) is 23.6 Å². The van der Waals surface area contributed by atoms with Crippen molar-refractivity contribution in [2.24, 2.45) is 0 Å². The topological polar surface area (TPSA) is 47.0 Å². The van der Waals surface area contributed by atoms with Crippen molar-refractivity contribution in [1.29, 1.82) is 0 Å². The second kappa shape index (κ2) is 5.13. The van der Waals surface area contributed by atoms with Crippen LogP contribution in [-0.2, 0) is 10.3 Å². The van der Waals surface area contributed by atoms with Crippen molar-refractivity contribution in [3.8, 4) is 0 Å². The summed E-state index contributed by atoms with van der Waals surface area (Å²) in [6, 6.07) is 0. The predicted molar refractivity (Wildman–Crippen MR) is 75.9 cm³/mol. The zero-order chi connectivity index (χ0) is 13.3. The highest BCUT2D eigenvalue weighted by molar-refractivity contribution is 9.10. The van der Waals surface area contributed by atoms with Gasteiger partial charge in [0.25, 0.3) is 0 Å². The first-order valence-electron chi connectivity index (χ1n) is 6.36. The van der Waals surface area contributed by atoms with Crippen LogP contribution in [0.1, 0.15) is 51.0 Å². The van der Waals surface area contributed by atoms with Gasteiger partial charge >= 0.3 is 0 Å². The predicted octanol–water partition coefficient (Wildman–Crippen LogP) is 3.43. The van der Waals surface area contributed by atoms with Crippen LogP contribution in [0.5, 0.6) is 0 Å². The van der Waals surface area contributed by atoms with Gasteiger partial charge in [0, 0.05) is 19.6 Å². The van der Waals surface area contributed by atoms with Crippen LogP contribution >= 0.6 is 15.9 Å². The van der Waals surface area contributed by atoms with E-state index in [4.69, 9.17) is 9.72 Å². The number of nitrogens with one attached hydrogen (secondary N) is 1. The van der Waals surface area contributed by atoms with Gasteiger partial charge in [0.1, 0.15) is 11.4 Å². The molecule has 0 bridgehead atoms. The van der Waals surface area contributed by atoms with Crippen LogP contribution in [0.3, 0.4) is 0 Å². The molecule has 1 aromatic heterocycles. The minimum atomic E-state index is -0.464. The van der Waals surface area contributed by atoms with E-state index in [0.717, 1.165) is 28.4 Å². The van der Waals surface area contributed by atoms with E-state index in [2.05, 4.69) is 33.2 Å². The van der Waals surface area contributed by atoms with Gasteiger partial charge < -0.3 is 10.1 Å². The molecule has 1 N–H and O–H groups in total. The second-order valence-electron chi connectivity index (χ2n) is 5.11. The standard InChI is InChI=1S/C13H20BrN3O/c1-5-15-11-9(14)10(8-6-7-8)16-12(17-11)13(2,3)18-4/h8H,5-7H2,1-4H3,(H,15,16,17). The van der Waals surface area contributed by atoms with Crippen LogP contribution in [0.2, 0.25) is 0 Å². The fourth-order valence-electron chi connectivity index (χ4n) is 1.74. The monoisotopic (exact) mass is 313 g/mol. The molecule has 0 unspecified atom stereocenters. The molecule has 1 aliphatic carbocycles. The molecule has 5 heteroatoms. The average Bonchev–Trinajstić information content (AvgIpc) is 3.16. The molecule has 0 aromatic carbocycles.